The zero-order valence-electron chi connectivity index (χ0n) is 4.13. The van der Waals surface area contributed by atoms with Crippen molar-refractivity contribution in [1.29, 1.82) is 0 Å². The fraction of sp³-hybridized carbons (Fsp3) is 0.500. The molecule has 0 aromatic heterocycles. The molecule has 3 heteroatoms. The predicted octanol–water partition coefficient (Wildman–Crippen LogP) is 1.90. The van der Waals surface area contributed by atoms with Crippen molar-refractivity contribution >= 4 is 17.7 Å². The summed E-state index contributed by atoms with van der Waals surface area (Å²) >= 11 is 0. The van der Waals surface area contributed by atoms with Crippen LogP contribution in [0, 0.1) is 0 Å². The van der Waals surface area contributed by atoms with Crippen molar-refractivity contribution in [3.05, 3.63) is 10.8 Å². The molecule has 0 aliphatic carbocycles. The Morgan fingerprint density at radius 2 is 2.43 bits per heavy atom. The third-order valence-electron chi connectivity index (χ3n) is 0.526. The molecule has 0 bridgehead atoms. The molecule has 40 valence electrons. The van der Waals surface area contributed by atoms with Gasteiger partial charge in [0.25, 0.3) is 0 Å². The van der Waals surface area contributed by atoms with E-state index in [4.69, 9.17) is 4.52 Å². The van der Waals surface area contributed by atoms with Crippen LogP contribution in [-0.4, -0.2) is 6.61 Å². The third-order valence-corrected chi connectivity index (χ3v) is 3.14. The van der Waals surface area contributed by atoms with E-state index in [1.807, 2.05) is 6.92 Å². The van der Waals surface area contributed by atoms with Crippen molar-refractivity contribution in [2.45, 2.75) is 6.92 Å². The molecular formula is C4H7OPS. The first-order valence-electron chi connectivity index (χ1n) is 2.17. The van der Waals surface area contributed by atoms with Crippen molar-refractivity contribution in [2.75, 3.05) is 6.61 Å². The van der Waals surface area contributed by atoms with Gasteiger partial charge in [-0.05, 0) is 17.7 Å². The first-order chi connectivity index (χ1) is 3.43. The van der Waals surface area contributed by atoms with E-state index in [0.29, 0.717) is 10.1 Å². The van der Waals surface area contributed by atoms with Gasteiger partial charge in [-0.25, -0.2) is 0 Å². The molecule has 0 unspecified atom stereocenters. The normalized spacial score (nSPS) is 18.4. The molecule has 1 nitrogen and oxygen atoms in total. The van der Waals surface area contributed by atoms with E-state index in [0.717, 1.165) is 14.2 Å². The summed E-state index contributed by atoms with van der Waals surface area (Å²) < 4.78 is 5.08. The van der Waals surface area contributed by atoms with Crippen molar-refractivity contribution < 1.29 is 4.52 Å². The van der Waals surface area contributed by atoms with Crippen molar-refractivity contribution in [3.63, 3.8) is 0 Å². The van der Waals surface area contributed by atoms with Gasteiger partial charge in [-0.2, -0.15) is 0 Å². The second-order valence-electron chi connectivity index (χ2n) is 1.11. The van der Waals surface area contributed by atoms with E-state index in [9.17, 15) is 0 Å². The number of rotatable bonds is 2. The Balaban J connectivity index is 2.09. The molecule has 0 atom stereocenters. The first-order valence-corrected chi connectivity index (χ1v) is 4.93. The molecule has 0 saturated heterocycles. The summed E-state index contributed by atoms with van der Waals surface area (Å²) in [5, 5.41) is 4.33. The van der Waals surface area contributed by atoms with Crippen LogP contribution in [0.2, 0.25) is 0 Å². The van der Waals surface area contributed by atoms with E-state index < -0.39 is 0 Å². The topological polar surface area (TPSA) is 9.23 Å². The number of hydrogen-bond donors (Lipinski definition) is 0. The highest BCUT2D eigenvalue weighted by atomic mass is 32.5. The average molecular weight is 134 g/mol. The van der Waals surface area contributed by atoms with Crippen LogP contribution in [0.25, 0.3) is 0 Å². The Labute approximate surface area is 47.2 Å². The largest absolute Gasteiger partial charge is 0.321 e. The van der Waals surface area contributed by atoms with Gasteiger partial charge in [0.2, 0.25) is 0 Å². The molecule has 0 amide bonds. The first kappa shape index (κ1) is 5.49. The lowest BCUT2D eigenvalue weighted by Gasteiger charge is -1.81. The lowest BCUT2D eigenvalue weighted by Crippen LogP contribution is -1.67. The summed E-state index contributed by atoms with van der Waals surface area (Å²) in [6.45, 7) is 2.85. The lowest BCUT2D eigenvalue weighted by molar-refractivity contribution is 0.398. The van der Waals surface area contributed by atoms with Gasteiger partial charge >= 0.3 is 0 Å². The molecule has 1 aliphatic heterocycles. The van der Waals surface area contributed by atoms with Crippen molar-refractivity contribution in [2.24, 2.45) is 0 Å². The summed E-state index contributed by atoms with van der Waals surface area (Å²) in [7, 11) is 1.57. The average Bonchev–Trinajstić information content (AvgIpc) is 2.42. The van der Waals surface area contributed by atoms with Crippen LogP contribution in [0.3, 0.4) is 0 Å². The summed E-state index contributed by atoms with van der Waals surface area (Å²) in [6, 6.07) is 0. The zero-order chi connectivity index (χ0) is 5.11. The van der Waals surface area contributed by atoms with Crippen LogP contribution in [0.4, 0.5) is 0 Å². The molecule has 0 aromatic rings. The smallest absolute Gasteiger partial charge is 0.0968 e. The number of hydrogen-bond acceptors (Lipinski definition) is 1. The Morgan fingerprint density at radius 1 is 1.71 bits per heavy atom. The molecule has 0 fully saturated rings. The lowest BCUT2D eigenvalue weighted by atomic mass is 10.9. The highest BCUT2D eigenvalue weighted by Crippen LogP contribution is 2.19. The maximum absolute atomic E-state index is 5.08. The van der Waals surface area contributed by atoms with Gasteiger partial charge < -0.3 is 4.52 Å². The Hall–Kier alpha value is 0.350. The van der Waals surface area contributed by atoms with Gasteiger partial charge in [-0.3, -0.25) is 0 Å². The standard InChI is InChI=1S/C4H7OPS/c1-2-5-6-7-3-4-7/h3-4H,2H2,1H3. The fourth-order valence-electron chi connectivity index (χ4n) is 0.188. The van der Waals surface area contributed by atoms with Gasteiger partial charge in [0.1, 0.15) is 0 Å². The minimum absolute atomic E-state index is 0.435. The molecule has 7 heavy (non-hydrogen) atoms. The summed E-state index contributed by atoms with van der Waals surface area (Å²) in [5.41, 5.74) is 0. The maximum atomic E-state index is 5.08. The highest BCUT2D eigenvalue weighted by Gasteiger charge is 1.94. The van der Waals surface area contributed by atoms with Crippen LogP contribution in [0.1, 0.15) is 6.92 Å². The second-order valence-corrected chi connectivity index (χ2v) is 4.47. The Morgan fingerprint density at radius 3 is 2.86 bits per heavy atom. The van der Waals surface area contributed by atoms with Crippen LogP contribution in [0.5, 0.6) is 0 Å². The van der Waals surface area contributed by atoms with Crippen molar-refractivity contribution in [1.82, 2.24) is 0 Å². The monoisotopic (exact) mass is 134 g/mol. The molecule has 1 aliphatic rings. The highest BCUT2D eigenvalue weighted by molar-refractivity contribution is 8.27. The van der Waals surface area contributed by atoms with Crippen molar-refractivity contribution in [3.8, 4) is 0 Å². The van der Waals surface area contributed by atoms with Crippen LogP contribution in [-0.2, 0) is 14.6 Å². The molecule has 1 heterocycles. The minimum atomic E-state index is 0.435. The van der Waals surface area contributed by atoms with E-state index in [-0.39, 0.29) is 0 Å². The van der Waals surface area contributed by atoms with E-state index in [2.05, 4.69) is 10.8 Å². The van der Waals surface area contributed by atoms with Crippen LogP contribution < -0.4 is 0 Å². The Bertz CT molecular complexity index is 111. The quantitative estimate of drug-likeness (QED) is 0.524. The van der Waals surface area contributed by atoms with Gasteiger partial charge in [0.05, 0.1) is 14.2 Å². The molecular weight excluding hydrogens is 127 g/mol. The van der Waals surface area contributed by atoms with E-state index >= 15 is 0 Å². The van der Waals surface area contributed by atoms with Gasteiger partial charge in [-0.15, -0.1) is 0 Å². The minimum Gasteiger partial charge on any atom is -0.321 e. The van der Waals surface area contributed by atoms with Gasteiger partial charge in [-0.1, -0.05) is 10.1 Å². The molecule has 0 aromatic carbocycles. The van der Waals surface area contributed by atoms with Gasteiger partial charge in [0, 0.05) is 0 Å². The maximum Gasteiger partial charge on any atom is 0.0968 e. The summed E-state index contributed by atoms with van der Waals surface area (Å²) in [6.07, 6.45) is 0. The molecule has 0 radical (unpaired) electrons. The zero-order valence-corrected chi connectivity index (χ0v) is 5.84. The van der Waals surface area contributed by atoms with E-state index in [1.54, 1.807) is 0 Å². The molecule has 0 spiro atoms. The SMILES string of the molecule is CCOP=S1C=C1. The molecule has 0 saturated carbocycles. The molecule has 0 N–H and O–H groups in total. The van der Waals surface area contributed by atoms with Crippen LogP contribution in [0.15, 0.2) is 10.8 Å². The fourth-order valence-corrected chi connectivity index (χ4v) is 2.14. The van der Waals surface area contributed by atoms with E-state index in [1.165, 1.54) is 0 Å². The summed E-state index contributed by atoms with van der Waals surface area (Å²) in [5.74, 6) is 0. The van der Waals surface area contributed by atoms with Crippen LogP contribution >= 0.6 is 7.58 Å². The Kier molecular flexibility index (Phi) is 2.04. The summed E-state index contributed by atoms with van der Waals surface area (Å²) in [4.78, 5) is 0. The third kappa shape index (κ3) is 2.22. The molecule has 1 rings (SSSR count). The second kappa shape index (κ2) is 2.61. The van der Waals surface area contributed by atoms with Gasteiger partial charge in [0.15, 0.2) is 0 Å². The predicted molar refractivity (Wildman–Crippen MR) is 35.1 cm³/mol.